The first-order chi connectivity index (χ1) is 17.0. The molecule has 3 aromatic rings. The van der Waals surface area contributed by atoms with Crippen molar-refractivity contribution in [3.05, 3.63) is 81.6 Å². The van der Waals surface area contributed by atoms with E-state index in [0.717, 1.165) is 29.9 Å². The van der Waals surface area contributed by atoms with Crippen LogP contribution in [0.3, 0.4) is 0 Å². The molecule has 10 N–H and O–H groups in total. The minimum atomic E-state index is -0.0686. The fraction of sp³-hybridized carbons (Fsp3) is 0.250. The zero-order valence-corrected chi connectivity index (χ0v) is 19.4. The van der Waals surface area contributed by atoms with Gasteiger partial charge >= 0.3 is 0 Å². The number of hydrazone groups is 1. The van der Waals surface area contributed by atoms with Gasteiger partial charge in [-0.15, -0.1) is 0 Å². The molecular formula is C24H31N9O2. The van der Waals surface area contributed by atoms with Crippen molar-refractivity contribution < 1.29 is 4.74 Å². The summed E-state index contributed by atoms with van der Waals surface area (Å²) < 4.78 is 5.55. The third-order valence-electron chi connectivity index (χ3n) is 5.86. The van der Waals surface area contributed by atoms with E-state index in [1.54, 1.807) is 18.3 Å². The highest BCUT2D eigenvalue weighted by Crippen LogP contribution is 2.23. The highest BCUT2D eigenvalue weighted by molar-refractivity contribution is 5.98. The van der Waals surface area contributed by atoms with Crippen LogP contribution in [-0.4, -0.2) is 42.1 Å². The van der Waals surface area contributed by atoms with E-state index in [0.29, 0.717) is 54.3 Å². The summed E-state index contributed by atoms with van der Waals surface area (Å²) in [4.78, 5) is 18.4. The summed E-state index contributed by atoms with van der Waals surface area (Å²) in [5.41, 5.74) is 12.3. The van der Waals surface area contributed by atoms with Crippen molar-refractivity contribution in [3.63, 3.8) is 0 Å². The maximum absolute atomic E-state index is 12.9. The van der Waals surface area contributed by atoms with Crippen LogP contribution in [0.15, 0.2) is 64.6 Å². The Balaban J connectivity index is 1.62. The summed E-state index contributed by atoms with van der Waals surface area (Å²) in [7, 11) is 0. The van der Waals surface area contributed by atoms with Gasteiger partial charge in [0.15, 0.2) is 11.3 Å². The predicted molar refractivity (Wildman–Crippen MR) is 139 cm³/mol. The molecule has 0 unspecified atom stereocenters. The molecule has 0 spiro atoms. The van der Waals surface area contributed by atoms with Gasteiger partial charge in [-0.05, 0) is 24.1 Å². The number of pyridine rings is 1. The first-order valence-corrected chi connectivity index (χ1v) is 11.3. The van der Waals surface area contributed by atoms with E-state index in [1.165, 1.54) is 5.01 Å². The molecule has 184 valence electrons. The van der Waals surface area contributed by atoms with Gasteiger partial charge in [0.05, 0.1) is 24.4 Å². The van der Waals surface area contributed by atoms with Gasteiger partial charge < -0.3 is 36.6 Å². The third kappa shape index (κ3) is 5.54. The molecule has 1 aliphatic heterocycles. The summed E-state index contributed by atoms with van der Waals surface area (Å²) in [6, 6.07) is 14.6. The number of nitrogens with one attached hydrogen (secondary N) is 2. The van der Waals surface area contributed by atoms with Gasteiger partial charge in [0, 0.05) is 48.5 Å². The van der Waals surface area contributed by atoms with Crippen molar-refractivity contribution in [2.45, 2.75) is 13.0 Å². The van der Waals surface area contributed by atoms with Crippen LogP contribution in [0.5, 0.6) is 0 Å². The molecule has 11 heteroatoms. The van der Waals surface area contributed by atoms with Crippen LogP contribution < -0.4 is 39.0 Å². The molecule has 0 atom stereocenters. The topological polar surface area (TPSA) is 177 Å². The molecule has 1 aromatic heterocycles. The molecule has 0 saturated carbocycles. The molecule has 2 heterocycles. The van der Waals surface area contributed by atoms with E-state index in [1.807, 2.05) is 36.4 Å². The van der Waals surface area contributed by atoms with Crippen LogP contribution in [0.4, 0.5) is 5.82 Å². The lowest BCUT2D eigenvalue weighted by Crippen LogP contribution is -2.32. The minimum Gasteiger partial charge on any atom is -0.397 e. The fourth-order valence-corrected chi connectivity index (χ4v) is 4.17. The van der Waals surface area contributed by atoms with E-state index in [4.69, 9.17) is 28.0 Å². The van der Waals surface area contributed by atoms with Crippen LogP contribution in [0.25, 0.3) is 16.6 Å². The average molecular weight is 478 g/mol. The molecule has 1 fully saturated rings. The molecule has 0 amide bonds. The lowest BCUT2D eigenvalue weighted by Gasteiger charge is -2.22. The van der Waals surface area contributed by atoms with Crippen molar-refractivity contribution in [1.29, 1.82) is 0 Å². The number of para-hydroxylation sites is 1. The number of H-pyrrole nitrogens is 1. The largest absolute Gasteiger partial charge is 0.397 e. The van der Waals surface area contributed by atoms with E-state index in [-0.39, 0.29) is 5.43 Å². The normalized spacial score (nSPS) is 15.2. The number of fused-ring (bicyclic) bond motifs is 1. The summed E-state index contributed by atoms with van der Waals surface area (Å²) in [6.45, 7) is 3.22. The number of hydrogen-bond donors (Lipinski definition) is 6. The van der Waals surface area contributed by atoms with Crippen LogP contribution in [-0.2, 0) is 11.3 Å². The summed E-state index contributed by atoms with van der Waals surface area (Å²) in [6.07, 6.45) is 2.54. The maximum Gasteiger partial charge on any atom is 0.191 e. The summed E-state index contributed by atoms with van der Waals surface area (Å²) >= 11 is 0. The van der Waals surface area contributed by atoms with E-state index < -0.39 is 0 Å². The number of amidine groups is 1. The van der Waals surface area contributed by atoms with Gasteiger partial charge in [-0.3, -0.25) is 4.79 Å². The number of anilines is 1. The SMILES string of the molecule is N/N=C(\NN)c1cccc(CN(N)/C=C(\N)c2cccc3c(=O)cc(N4CCCOCC4)[nH]c23)c1. The van der Waals surface area contributed by atoms with Crippen LogP contribution in [0.2, 0.25) is 0 Å². The standard InChI is InChI=1S/C24H31N9O2/c25-20(15-33(28)14-16-4-1-5-17(12-16)24(30-26)31-27)18-6-2-7-19-21(34)13-22(29-23(18)19)32-8-3-10-35-11-9-32/h1-2,4-7,12-13,15H,3,8-11,14,25-28H2,(H,29,34)(H,30,31)/b20-15-. The van der Waals surface area contributed by atoms with Gasteiger partial charge in [-0.2, -0.15) is 5.10 Å². The highest BCUT2D eigenvalue weighted by atomic mass is 16.5. The summed E-state index contributed by atoms with van der Waals surface area (Å²) in [5.74, 6) is 18.2. The first-order valence-electron chi connectivity index (χ1n) is 11.3. The molecule has 1 aliphatic rings. The van der Waals surface area contributed by atoms with Gasteiger partial charge in [0.25, 0.3) is 0 Å². The number of rotatable bonds is 6. The Bertz CT molecular complexity index is 1290. The molecule has 35 heavy (non-hydrogen) atoms. The lowest BCUT2D eigenvalue weighted by molar-refractivity contribution is 0.152. The molecule has 2 aromatic carbocycles. The van der Waals surface area contributed by atoms with Gasteiger partial charge in [0.1, 0.15) is 5.82 Å². The molecule has 0 bridgehead atoms. The van der Waals surface area contributed by atoms with Crippen molar-refractivity contribution in [1.82, 2.24) is 15.4 Å². The van der Waals surface area contributed by atoms with E-state index in [9.17, 15) is 4.79 Å². The number of ether oxygens (including phenoxy) is 1. The Hall–Kier alpha value is -4.06. The number of hydrazine groups is 2. The quantitative estimate of drug-likeness (QED) is 0.127. The van der Waals surface area contributed by atoms with Crippen molar-refractivity contribution >= 4 is 28.3 Å². The number of nitrogens with two attached hydrogens (primary N) is 4. The molecule has 0 aliphatic carbocycles. The smallest absolute Gasteiger partial charge is 0.191 e. The minimum absolute atomic E-state index is 0.0686. The molecular weight excluding hydrogens is 446 g/mol. The Morgan fingerprint density at radius 3 is 2.83 bits per heavy atom. The molecule has 1 saturated heterocycles. The second-order valence-corrected chi connectivity index (χ2v) is 8.28. The number of benzene rings is 2. The Morgan fingerprint density at radius 1 is 1.20 bits per heavy atom. The number of hydrogen-bond acceptors (Lipinski definition) is 9. The monoisotopic (exact) mass is 477 g/mol. The second-order valence-electron chi connectivity index (χ2n) is 8.28. The van der Waals surface area contributed by atoms with Crippen LogP contribution in [0.1, 0.15) is 23.1 Å². The molecule has 0 radical (unpaired) electrons. The summed E-state index contributed by atoms with van der Waals surface area (Å²) in [5, 5.41) is 5.68. The average Bonchev–Trinajstić information content (AvgIpc) is 3.14. The molecule has 11 nitrogen and oxygen atoms in total. The van der Waals surface area contributed by atoms with Crippen molar-refractivity contribution in [2.75, 3.05) is 31.2 Å². The predicted octanol–water partition coefficient (Wildman–Crippen LogP) is 0.471. The lowest BCUT2D eigenvalue weighted by atomic mass is 10.1. The molecule has 4 rings (SSSR count). The van der Waals surface area contributed by atoms with E-state index in [2.05, 4.69) is 20.4 Å². The van der Waals surface area contributed by atoms with Crippen LogP contribution >= 0.6 is 0 Å². The van der Waals surface area contributed by atoms with Crippen molar-refractivity contribution in [2.24, 2.45) is 28.4 Å². The maximum atomic E-state index is 12.9. The highest BCUT2D eigenvalue weighted by Gasteiger charge is 2.15. The fourth-order valence-electron chi connectivity index (χ4n) is 4.17. The number of aromatic amines is 1. The van der Waals surface area contributed by atoms with Gasteiger partial charge in [-0.1, -0.05) is 30.3 Å². The third-order valence-corrected chi connectivity index (χ3v) is 5.86. The van der Waals surface area contributed by atoms with Gasteiger partial charge in [0.2, 0.25) is 0 Å². The Kier molecular flexibility index (Phi) is 7.51. The first kappa shape index (κ1) is 24.1. The number of nitrogens with zero attached hydrogens (tertiary/aromatic N) is 3. The van der Waals surface area contributed by atoms with Crippen LogP contribution in [0, 0.1) is 0 Å². The second kappa shape index (κ2) is 10.9. The Morgan fingerprint density at radius 2 is 2.03 bits per heavy atom. The van der Waals surface area contributed by atoms with Gasteiger partial charge in [-0.25, -0.2) is 11.7 Å². The zero-order chi connectivity index (χ0) is 24.8. The zero-order valence-electron chi connectivity index (χ0n) is 19.4. The Labute approximate surface area is 202 Å². The van der Waals surface area contributed by atoms with E-state index >= 15 is 0 Å². The van der Waals surface area contributed by atoms with Crippen molar-refractivity contribution in [3.8, 4) is 0 Å². The number of aromatic nitrogens is 1.